The second kappa shape index (κ2) is 4.70. The van der Waals surface area contributed by atoms with Gasteiger partial charge in [0.1, 0.15) is 0 Å². The molecule has 0 aromatic carbocycles. The monoisotopic (exact) mass is 229 g/mol. The van der Waals surface area contributed by atoms with E-state index in [0.29, 0.717) is 5.41 Å². The first kappa shape index (κ1) is 11.8. The van der Waals surface area contributed by atoms with Crippen LogP contribution >= 0.6 is 0 Å². The zero-order valence-electron chi connectivity index (χ0n) is 10.7. The van der Waals surface area contributed by atoms with Crippen molar-refractivity contribution in [3.8, 4) is 11.1 Å². The van der Waals surface area contributed by atoms with Crippen LogP contribution in [-0.2, 0) is 6.54 Å². The first-order valence-electron chi connectivity index (χ1n) is 5.97. The van der Waals surface area contributed by atoms with Crippen molar-refractivity contribution in [2.45, 2.75) is 33.7 Å². The zero-order valence-corrected chi connectivity index (χ0v) is 10.7. The predicted molar refractivity (Wildman–Crippen MR) is 69.5 cm³/mol. The van der Waals surface area contributed by atoms with Crippen LogP contribution < -0.4 is 0 Å². The molecule has 2 aromatic rings. The molecule has 3 nitrogen and oxygen atoms in total. The Morgan fingerprint density at radius 3 is 2.65 bits per heavy atom. The Labute approximate surface area is 103 Å². The van der Waals surface area contributed by atoms with Gasteiger partial charge in [-0.15, -0.1) is 0 Å². The minimum Gasteiger partial charge on any atom is -0.272 e. The molecule has 2 rings (SSSR count). The second-order valence-electron chi connectivity index (χ2n) is 5.54. The molecule has 0 saturated carbocycles. The molecule has 90 valence electrons. The lowest BCUT2D eigenvalue weighted by atomic mass is 9.92. The summed E-state index contributed by atoms with van der Waals surface area (Å²) in [5.41, 5.74) is 2.60. The van der Waals surface area contributed by atoms with E-state index in [-0.39, 0.29) is 0 Å². The number of pyridine rings is 1. The van der Waals surface area contributed by atoms with Gasteiger partial charge < -0.3 is 0 Å². The molecule has 0 bridgehead atoms. The minimum atomic E-state index is 0.348. The van der Waals surface area contributed by atoms with E-state index in [9.17, 15) is 0 Å². The maximum atomic E-state index is 4.38. The van der Waals surface area contributed by atoms with Crippen molar-refractivity contribution in [1.29, 1.82) is 0 Å². The smallest absolute Gasteiger partial charge is 0.0568 e. The molecular formula is C14H19N3. The Balaban J connectivity index is 2.07. The van der Waals surface area contributed by atoms with Gasteiger partial charge in [0, 0.05) is 36.3 Å². The maximum Gasteiger partial charge on any atom is 0.0568 e. The summed E-state index contributed by atoms with van der Waals surface area (Å²) in [4.78, 5) is 4.12. The minimum absolute atomic E-state index is 0.348. The highest BCUT2D eigenvalue weighted by Crippen LogP contribution is 2.21. The van der Waals surface area contributed by atoms with Crippen LogP contribution in [0, 0.1) is 5.41 Å². The van der Waals surface area contributed by atoms with E-state index in [0.717, 1.165) is 24.1 Å². The van der Waals surface area contributed by atoms with E-state index < -0.39 is 0 Å². The first-order chi connectivity index (χ1) is 8.04. The van der Waals surface area contributed by atoms with Gasteiger partial charge in [-0.05, 0) is 17.9 Å². The number of rotatable bonds is 3. The molecular weight excluding hydrogens is 210 g/mol. The van der Waals surface area contributed by atoms with E-state index in [4.69, 9.17) is 0 Å². The number of hydrogen-bond acceptors (Lipinski definition) is 2. The van der Waals surface area contributed by atoms with Crippen molar-refractivity contribution >= 4 is 0 Å². The van der Waals surface area contributed by atoms with Crippen molar-refractivity contribution < 1.29 is 0 Å². The van der Waals surface area contributed by atoms with E-state index in [1.807, 2.05) is 23.1 Å². The lowest BCUT2D eigenvalue weighted by Crippen LogP contribution is -2.10. The summed E-state index contributed by atoms with van der Waals surface area (Å²) in [7, 11) is 0. The highest BCUT2D eigenvalue weighted by molar-refractivity contribution is 5.60. The summed E-state index contributed by atoms with van der Waals surface area (Å²) in [6, 6.07) is 4.00. The lowest BCUT2D eigenvalue weighted by molar-refractivity contribution is 0.341. The van der Waals surface area contributed by atoms with Crippen molar-refractivity contribution in [2.24, 2.45) is 5.41 Å². The van der Waals surface area contributed by atoms with Gasteiger partial charge >= 0.3 is 0 Å². The number of hydrogen-bond donors (Lipinski definition) is 0. The van der Waals surface area contributed by atoms with Gasteiger partial charge in [0.15, 0.2) is 0 Å². The third kappa shape index (κ3) is 3.41. The Morgan fingerprint density at radius 1 is 1.18 bits per heavy atom. The van der Waals surface area contributed by atoms with Gasteiger partial charge in [-0.25, -0.2) is 0 Å². The molecule has 0 radical (unpaired) electrons. The third-order valence-electron chi connectivity index (χ3n) is 2.72. The molecule has 0 atom stereocenters. The maximum absolute atomic E-state index is 4.38. The molecule has 0 unspecified atom stereocenters. The largest absolute Gasteiger partial charge is 0.272 e. The Kier molecular flexibility index (Phi) is 3.27. The van der Waals surface area contributed by atoms with Crippen LogP contribution in [0.3, 0.4) is 0 Å². The molecule has 2 aromatic heterocycles. The lowest BCUT2D eigenvalue weighted by Gasteiger charge is -2.17. The zero-order chi connectivity index (χ0) is 12.3. The number of nitrogens with zero attached hydrogens (tertiary/aromatic N) is 3. The van der Waals surface area contributed by atoms with Crippen molar-refractivity contribution in [3.63, 3.8) is 0 Å². The summed E-state index contributed by atoms with van der Waals surface area (Å²) in [6.07, 6.45) is 8.77. The molecule has 0 spiro atoms. The standard InChI is InChI=1S/C14H19N3/c1-14(2,3)6-8-17-11-13(10-16-17)12-5-4-7-15-9-12/h4-5,7,9-11H,6,8H2,1-3H3. The molecule has 0 aliphatic rings. The summed E-state index contributed by atoms with van der Waals surface area (Å²) in [6.45, 7) is 7.71. The number of aromatic nitrogens is 3. The quantitative estimate of drug-likeness (QED) is 0.807. The van der Waals surface area contributed by atoms with Crippen molar-refractivity contribution in [3.05, 3.63) is 36.9 Å². The van der Waals surface area contributed by atoms with Crippen LogP contribution in [0.15, 0.2) is 36.9 Å². The van der Waals surface area contributed by atoms with Crippen LogP contribution in [-0.4, -0.2) is 14.8 Å². The third-order valence-corrected chi connectivity index (χ3v) is 2.72. The average molecular weight is 229 g/mol. The van der Waals surface area contributed by atoms with Gasteiger partial charge in [-0.1, -0.05) is 26.8 Å². The second-order valence-corrected chi connectivity index (χ2v) is 5.54. The Morgan fingerprint density at radius 2 is 2.00 bits per heavy atom. The Bertz CT molecular complexity index is 466. The van der Waals surface area contributed by atoms with Crippen molar-refractivity contribution in [1.82, 2.24) is 14.8 Å². The van der Waals surface area contributed by atoms with Gasteiger partial charge in [-0.3, -0.25) is 9.67 Å². The van der Waals surface area contributed by atoms with E-state index >= 15 is 0 Å². The topological polar surface area (TPSA) is 30.7 Å². The summed E-state index contributed by atoms with van der Waals surface area (Å²) < 4.78 is 2.01. The number of aryl methyl sites for hydroxylation is 1. The summed E-state index contributed by atoms with van der Waals surface area (Å²) in [5, 5.41) is 4.38. The van der Waals surface area contributed by atoms with E-state index in [1.165, 1.54) is 0 Å². The normalized spacial score (nSPS) is 11.7. The van der Waals surface area contributed by atoms with Crippen LogP contribution in [0.4, 0.5) is 0 Å². The van der Waals surface area contributed by atoms with E-state index in [2.05, 4.69) is 43.1 Å². The molecule has 2 heterocycles. The summed E-state index contributed by atoms with van der Waals surface area (Å²) in [5.74, 6) is 0. The van der Waals surface area contributed by atoms with Crippen LogP contribution in [0.25, 0.3) is 11.1 Å². The van der Waals surface area contributed by atoms with Gasteiger partial charge in [0.25, 0.3) is 0 Å². The van der Waals surface area contributed by atoms with E-state index in [1.54, 1.807) is 6.20 Å². The fraction of sp³-hybridized carbons (Fsp3) is 0.429. The van der Waals surface area contributed by atoms with Gasteiger partial charge in [0.2, 0.25) is 0 Å². The van der Waals surface area contributed by atoms with Crippen LogP contribution in [0.1, 0.15) is 27.2 Å². The molecule has 0 aliphatic heterocycles. The SMILES string of the molecule is CC(C)(C)CCn1cc(-c2cccnc2)cn1. The van der Waals surface area contributed by atoms with Crippen LogP contribution in [0.2, 0.25) is 0 Å². The molecule has 17 heavy (non-hydrogen) atoms. The fourth-order valence-corrected chi connectivity index (χ4v) is 1.62. The molecule has 0 N–H and O–H groups in total. The molecule has 3 heteroatoms. The first-order valence-corrected chi connectivity index (χ1v) is 5.97. The molecule has 0 amide bonds. The van der Waals surface area contributed by atoms with Gasteiger partial charge in [0.05, 0.1) is 6.20 Å². The van der Waals surface area contributed by atoms with Gasteiger partial charge in [-0.2, -0.15) is 5.10 Å². The Hall–Kier alpha value is -1.64. The highest BCUT2D eigenvalue weighted by atomic mass is 15.3. The predicted octanol–water partition coefficient (Wildman–Crippen LogP) is 3.38. The molecule has 0 aliphatic carbocycles. The molecule has 0 fully saturated rings. The fourth-order valence-electron chi connectivity index (χ4n) is 1.62. The van der Waals surface area contributed by atoms with Crippen LogP contribution in [0.5, 0.6) is 0 Å². The summed E-state index contributed by atoms with van der Waals surface area (Å²) >= 11 is 0. The van der Waals surface area contributed by atoms with Crippen molar-refractivity contribution in [2.75, 3.05) is 0 Å². The highest BCUT2D eigenvalue weighted by Gasteiger charge is 2.10. The molecule has 0 saturated heterocycles. The average Bonchev–Trinajstić information content (AvgIpc) is 2.75.